The fourth-order valence-corrected chi connectivity index (χ4v) is 3.36. The van der Waals surface area contributed by atoms with E-state index in [1.165, 1.54) is 0 Å². The lowest BCUT2D eigenvalue weighted by Crippen LogP contribution is -2.28. The molecule has 1 heterocycles. The van der Waals surface area contributed by atoms with Crippen molar-refractivity contribution in [1.82, 2.24) is 5.32 Å². The average Bonchev–Trinajstić information content (AvgIpc) is 2.89. The van der Waals surface area contributed by atoms with Crippen LogP contribution in [-0.4, -0.2) is 22.2 Å². The minimum Gasteiger partial charge on any atom is -0.324 e. The number of aryl methyl sites for hydroxylation is 1. The Bertz CT molecular complexity index is 902. The highest BCUT2D eigenvalue weighted by Gasteiger charge is 2.32. The van der Waals surface area contributed by atoms with Crippen molar-refractivity contribution in [3.63, 3.8) is 0 Å². The number of anilines is 1. The van der Waals surface area contributed by atoms with Gasteiger partial charge < -0.3 is 10.6 Å². The van der Waals surface area contributed by atoms with Gasteiger partial charge in [0.05, 0.1) is 11.4 Å². The fraction of sp³-hybridized carbons (Fsp3) is 0.167. The molecule has 1 unspecified atom stereocenters. The highest BCUT2D eigenvalue weighted by molar-refractivity contribution is 8.15. The molecule has 134 valence electrons. The quantitative estimate of drug-likeness (QED) is 0.859. The monoisotopic (exact) mass is 375 g/mol. The Morgan fingerprint density at radius 1 is 1.27 bits per heavy atom. The van der Waals surface area contributed by atoms with Crippen LogP contribution in [0.4, 0.5) is 20.2 Å². The Morgan fingerprint density at radius 2 is 2.08 bits per heavy atom. The molecule has 8 heteroatoms. The van der Waals surface area contributed by atoms with Crippen molar-refractivity contribution in [1.29, 1.82) is 0 Å². The largest absolute Gasteiger partial charge is 0.324 e. The van der Waals surface area contributed by atoms with E-state index in [0.29, 0.717) is 16.9 Å². The van der Waals surface area contributed by atoms with Gasteiger partial charge in [0.15, 0.2) is 5.17 Å². The number of benzene rings is 2. The maximum absolute atomic E-state index is 13.6. The predicted molar refractivity (Wildman–Crippen MR) is 97.4 cm³/mol. The molecule has 0 saturated carbocycles. The van der Waals surface area contributed by atoms with Crippen molar-refractivity contribution in [2.24, 2.45) is 4.99 Å². The second-order valence-electron chi connectivity index (χ2n) is 5.73. The van der Waals surface area contributed by atoms with Gasteiger partial charge in [0, 0.05) is 12.5 Å². The Kier molecular flexibility index (Phi) is 5.32. The number of nitrogens with one attached hydrogen (secondary N) is 2. The normalized spacial score (nSPS) is 18.0. The number of carbonyl (C=O) groups excluding carboxylic acids is 2. The van der Waals surface area contributed by atoms with Gasteiger partial charge in [-0.25, -0.2) is 13.8 Å². The number of halogens is 2. The van der Waals surface area contributed by atoms with Crippen molar-refractivity contribution in [2.45, 2.75) is 18.6 Å². The van der Waals surface area contributed by atoms with Crippen LogP contribution in [0.15, 0.2) is 47.5 Å². The van der Waals surface area contributed by atoms with Gasteiger partial charge in [-0.2, -0.15) is 0 Å². The zero-order valence-corrected chi connectivity index (χ0v) is 14.6. The average molecular weight is 375 g/mol. The van der Waals surface area contributed by atoms with E-state index in [0.717, 1.165) is 29.5 Å². The van der Waals surface area contributed by atoms with Crippen LogP contribution in [-0.2, 0) is 9.59 Å². The molecule has 2 aromatic rings. The summed E-state index contributed by atoms with van der Waals surface area (Å²) in [7, 11) is 0. The first-order valence-electron chi connectivity index (χ1n) is 7.78. The molecule has 1 saturated heterocycles. The minimum absolute atomic E-state index is 0.131. The first-order chi connectivity index (χ1) is 12.4. The lowest BCUT2D eigenvalue weighted by atomic mass is 10.2. The van der Waals surface area contributed by atoms with Gasteiger partial charge in [0.2, 0.25) is 11.8 Å². The van der Waals surface area contributed by atoms with Gasteiger partial charge in [-0.3, -0.25) is 9.59 Å². The zero-order chi connectivity index (χ0) is 18.7. The molecule has 2 aromatic carbocycles. The summed E-state index contributed by atoms with van der Waals surface area (Å²) in [6.07, 6.45) is -0.153. The maximum Gasteiger partial charge on any atom is 0.240 e. The Morgan fingerprint density at radius 3 is 2.81 bits per heavy atom. The molecule has 3 rings (SSSR count). The third kappa shape index (κ3) is 4.45. The summed E-state index contributed by atoms with van der Waals surface area (Å²) in [5.74, 6) is -2.48. The number of rotatable bonds is 4. The van der Waals surface area contributed by atoms with Crippen LogP contribution in [0.5, 0.6) is 0 Å². The summed E-state index contributed by atoms with van der Waals surface area (Å²) >= 11 is 1.14. The molecule has 1 atom stereocenters. The summed E-state index contributed by atoms with van der Waals surface area (Å²) in [4.78, 5) is 28.4. The second kappa shape index (κ2) is 7.65. The number of thioether (sulfide) groups is 1. The number of hydrogen-bond donors (Lipinski definition) is 2. The van der Waals surface area contributed by atoms with Crippen LogP contribution in [0, 0.1) is 18.6 Å². The molecule has 26 heavy (non-hydrogen) atoms. The summed E-state index contributed by atoms with van der Waals surface area (Å²) in [6, 6.07) is 10.3. The van der Waals surface area contributed by atoms with Crippen LogP contribution in [0.1, 0.15) is 12.0 Å². The number of aliphatic imine (C=N–C) groups is 1. The van der Waals surface area contributed by atoms with E-state index in [1.54, 1.807) is 0 Å². The van der Waals surface area contributed by atoms with Crippen LogP contribution in [0.3, 0.4) is 0 Å². The van der Waals surface area contributed by atoms with Gasteiger partial charge >= 0.3 is 0 Å². The molecule has 0 radical (unpaired) electrons. The number of amidine groups is 1. The molecular weight excluding hydrogens is 360 g/mol. The van der Waals surface area contributed by atoms with Crippen LogP contribution in [0.25, 0.3) is 0 Å². The van der Waals surface area contributed by atoms with Crippen molar-refractivity contribution in [3.8, 4) is 0 Å². The molecule has 2 N–H and O–H groups in total. The van der Waals surface area contributed by atoms with Gasteiger partial charge in [0.25, 0.3) is 0 Å². The van der Waals surface area contributed by atoms with Gasteiger partial charge in [-0.05, 0) is 36.8 Å². The molecule has 0 aromatic heterocycles. The molecule has 0 spiro atoms. The number of amides is 2. The summed E-state index contributed by atoms with van der Waals surface area (Å²) in [5.41, 5.74) is 1.61. The van der Waals surface area contributed by atoms with E-state index in [2.05, 4.69) is 15.6 Å². The van der Waals surface area contributed by atoms with Crippen LogP contribution in [0.2, 0.25) is 0 Å². The van der Waals surface area contributed by atoms with E-state index in [4.69, 9.17) is 0 Å². The highest BCUT2D eigenvalue weighted by Crippen LogP contribution is 2.26. The molecular formula is C18H15F2N3O2S. The van der Waals surface area contributed by atoms with Crippen LogP contribution < -0.4 is 10.6 Å². The first kappa shape index (κ1) is 18.1. The molecule has 1 fully saturated rings. The fourth-order valence-electron chi connectivity index (χ4n) is 2.37. The van der Waals surface area contributed by atoms with E-state index in [9.17, 15) is 18.4 Å². The summed E-state index contributed by atoms with van der Waals surface area (Å²) in [6.45, 7) is 1.94. The number of carbonyl (C=O) groups is 2. The Balaban J connectivity index is 1.63. The molecule has 1 aliphatic heterocycles. The van der Waals surface area contributed by atoms with Crippen molar-refractivity contribution in [3.05, 3.63) is 59.7 Å². The van der Waals surface area contributed by atoms with Gasteiger partial charge in [-0.1, -0.05) is 23.9 Å². The SMILES string of the molecule is Cc1cccc(N=C2NC(=O)C(CC(=O)Nc3ccc(F)cc3F)S2)c1. The zero-order valence-electron chi connectivity index (χ0n) is 13.8. The maximum atomic E-state index is 13.6. The third-order valence-corrected chi connectivity index (χ3v) is 4.67. The summed E-state index contributed by atoms with van der Waals surface area (Å²) < 4.78 is 26.5. The topological polar surface area (TPSA) is 70.6 Å². The standard InChI is InChI=1S/C18H15F2N3O2S/c1-10-3-2-4-12(7-10)21-18-23-17(25)15(26-18)9-16(24)22-14-6-5-11(19)8-13(14)20/h2-8,15H,9H2,1H3,(H,22,24)(H,21,23,25). The molecule has 2 amide bonds. The number of nitrogens with zero attached hydrogens (tertiary/aromatic N) is 1. The van der Waals surface area contributed by atoms with Crippen LogP contribution >= 0.6 is 11.8 Å². The van der Waals surface area contributed by atoms with E-state index < -0.39 is 22.8 Å². The lowest BCUT2D eigenvalue weighted by Gasteiger charge is -2.08. The summed E-state index contributed by atoms with van der Waals surface area (Å²) in [5, 5.41) is 4.72. The molecule has 0 bridgehead atoms. The molecule has 0 aliphatic carbocycles. The Labute approximate surface area is 152 Å². The third-order valence-electron chi connectivity index (χ3n) is 3.58. The smallest absolute Gasteiger partial charge is 0.240 e. The van der Waals surface area contributed by atoms with Crippen molar-refractivity contribution >= 4 is 40.1 Å². The van der Waals surface area contributed by atoms with E-state index in [1.807, 2.05) is 31.2 Å². The van der Waals surface area contributed by atoms with E-state index in [-0.39, 0.29) is 18.0 Å². The first-order valence-corrected chi connectivity index (χ1v) is 8.66. The molecule has 5 nitrogen and oxygen atoms in total. The van der Waals surface area contributed by atoms with Gasteiger partial charge in [0.1, 0.15) is 16.9 Å². The molecule has 1 aliphatic rings. The minimum atomic E-state index is -0.872. The van der Waals surface area contributed by atoms with Gasteiger partial charge in [-0.15, -0.1) is 0 Å². The highest BCUT2D eigenvalue weighted by atomic mass is 32.2. The second-order valence-corrected chi connectivity index (χ2v) is 6.92. The number of hydrogen-bond acceptors (Lipinski definition) is 4. The van der Waals surface area contributed by atoms with Crippen molar-refractivity contribution in [2.75, 3.05) is 5.32 Å². The Hall–Kier alpha value is -2.74. The van der Waals surface area contributed by atoms with E-state index >= 15 is 0 Å². The van der Waals surface area contributed by atoms with Crippen molar-refractivity contribution < 1.29 is 18.4 Å². The predicted octanol–water partition coefficient (Wildman–Crippen LogP) is 3.52. The lowest BCUT2D eigenvalue weighted by molar-refractivity contribution is -0.122.